The summed E-state index contributed by atoms with van der Waals surface area (Å²) in [6, 6.07) is 2.23. The summed E-state index contributed by atoms with van der Waals surface area (Å²) in [7, 11) is 3.90. The van der Waals surface area contributed by atoms with Crippen LogP contribution in [-0.2, 0) is 0 Å². The van der Waals surface area contributed by atoms with E-state index in [0.29, 0.717) is 5.92 Å². The lowest BCUT2D eigenvalue weighted by atomic mass is 10.0. The highest BCUT2D eigenvalue weighted by Crippen LogP contribution is 2.24. The fourth-order valence-corrected chi connectivity index (χ4v) is 2.16. The zero-order valence-electron chi connectivity index (χ0n) is 10.8. The first-order valence-electron chi connectivity index (χ1n) is 6.09. The molecule has 5 nitrogen and oxygen atoms in total. The molecule has 1 fully saturated rings. The summed E-state index contributed by atoms with van der Waals surface area (Å²) in [5.41, 5.74) is 5.95. The first kappa shape index (κ1) is 12.1. The van der Waals surface area contributed by atoms with Crippen LogP contribution in [0, 0.1) is 5.92 Å². The normalized spacial score (nSPS) is 21.6. The molecule has 1 saturated heterocycles. The molecule has 2 unspecified atom stereocenters. The molecule has 1 aliphatic heterocycles. The van der Waals surface area contributed by atoms with E-state index in [1.54, 1.807) is 0 Å². The van der Waals surface area contributed by atoms with Gasteiger partial charge in [-0.25, -0.2) is 4.98 Å². The van der Waals surface area contributed by atoms with Gasteiger partial charge < -0.3 is 15.5 Å². The molecule has 0 radical (unpaired) electrons. The zero-order chi connectivity index (χ0) is 12.4. The Morgan fingerprint density at radius 1 is 1.53 bits per heavy atom. The Kier molecular flexibility index (Phi) is 3.47. The highest BCUT2D eigenvalue weighted by molar-refractivity contribution is 5.44. The van der Waals surface area contributed by atoms with Crippen molar-refractivity contribution in [3.8, 4) is 0 Å². The first-order valence-corrected chi connectivity index (χ1v) is 6.09. The number of rotatable bonds is 3. The van der Waals surface area contributed by atoms with Gasteiger partial charge in [-0.2, -0.15) is 4.98 Å². The summed E-state index contributed by atoms with van der Waals surface area (Å²) in [4.78, 5) is 13.0. The number of hydrogen-bond acceptors (Lipinski definition) is 5. The van der Waals surface area contributed by atoms with Gasteiger partial charge in [-0.1, -0.05) is 0 Å². The molecule has 2 atom stereocenters. The van der Waals surface area contributed by atoms with Crippen LogP contribution in [0.5, 0.6) is 0 Å². The van der Waals surface area contributed by atoms with Crippen LogP contribution >= 0.6 is 0 Å². The zero-order valence-corrected chi connectivity index (χ0v) is 10.8. The van der Waals surface area contributed by atoms with Gasteiger partial charge in [0.25, 0.3) is 0 Å². The second-order valence-electron chi connectivity index (χ2n) is 4.96. The predicted octanol–water partition coefficient (Wildman–Crippen LogP) is 0.716. The first-order chi connectivity index (χ1) is 8.08. The van der Waals surface area contributed by atoms with E-state index in [1.807, 2.05) is 31.3 Å². The maximum absolute atomic E-state index is 5.95. The fraction of sp³-hybridized carbons (Fsp3) is 0.667. The average Bonchev–Trinajstić information content (AvgIpc) is 2.78. The second kappa shape index (κ2) is 4.87. The Labute approximate surface area is 103 Å². The molecule has 1 aromatic heterocycles. The van der Waals surface area contributed by atoms with Crippen LogP contribution in [0.2, 0.25) is 0 Å². The maximum Gasteiger partial charge on any atom is 0.226 e. The molecule has 2 N–H and O–H groups in total. The molecule has 0 amide bonds. The summed E-state index contributed by atoms with van der Waals surface area (Å²) in [5.74, 6) is 2.34. The van der Waals surface area contributed by atoms with Crippen molar-refractivity contribution < 1.29 is 0 Å². The molecule has 0 aliphatic carbocycles. The number of nitrogens with two attached hydrogens (primary N) is 1. The highest BCUT2D eigenvalue weighted by atomic mass is 15.3. The lowest BCUT2D eigenvalue weighted by Gasteiger charge is -2.20. The molecular weight excluding hydrogens is 214 g/mol. The Bertz CT molecular complexity index is 377. The van der Waals surface area contributed by atoms with Crippen molar-refractivity contribution in [1.82, 2.24) is 9.97 Å². The van der Waals surface area contributed by atoms with Gasteiger partial charge in [0.1, 0.15) is 5.82 Å². The minimum absolute atomic E-state index is 0.259. The Balaban J connectivity index is 2.11. The largest absolute Gasteiger partial charge is 0.356 e. The molecule has 17 heavy (non-hydrogen) atoms. The number of anilines is 2. The molecule has 0 aromatic carbocycles. The van der Waals surface area contributed by atoms with Crippen molar-refractivity contribution >= 4 is 11.8 Å². The van der Waals surface area contributed by atoms with Gasteiger partial charge in [0.15, 0.2) is 0 Å². The van der Waals surface area contributed by atoms with Gasteiger partial charge in [-0.3, -0.25) is 0 Å². The van der Waals surface area contributed by atoms with Crippen molar-refractivity contribution in [3.05, 3.63) is 12.3 Å². The third-order valence-electron chi connectivity index (χ3n) is 3.32. The molecule has 0 spiro atoms. The van der Waals surface area contributed by atoms with E-state index >= 15 is 0 Å². The molecule has 2 heterocycles. The number of aromatic nitrogens is 2. The smallest absolute Gasteiger partial charge is 0.226 e. The minimum atomic E-state index is 0.259. The van der Waals surface area contributed by atoms with Crippen LogP contribution in [0.1, 0.15) is 13.3 Å². The summed E-state index contributed by atoms with van der Waals surface area (Å²) in [6.45, 7) is 4.12. The molecule has 94 valence electrons. The van der Waals surface area contributed by atoms with Gasteiger partial charge in [0.2, 0.25) is 5.95 Å². The van der Waals surface area contributed by atoms with Crippen LogP contribution in [0.4, 0.5) is 11.8 Å². The van der Waals surface area contributed by atoms with Crippen LogP contribution in [-0.4, -0.2) is 43.2 Å². The molecule has 1 aromatic rings. The third kappa shape index (κ3) is 2.66. The molecule has 0 saturated carbocycles. The van der Waals surface area contributed by atoms with Crippen LogP contribution in [0.3, 0.4) is 0 Å². The number of nitrogens with zero attached hydrogens (tertiary/aromatic N) is 4. The quantitative estimate of drug-likeness (QED) is 0.836. The lowest BCUT2D eigenvalue weighted by Crippen LogP contribution is -2.30. The topological polar surface area (TPSA) is 58.3 Å². The summed E-state index contributed by atoms with van der Waals surface area (Å²) in [5, 5.41) is 0. The second-order valence-corrected chi connectivity index (χ2v) is 4.96. The van der Waals surface area contributed by atoms with Crippen LogP contribution in [0.15, 0.2) is 12.3 Å². The maximum atomic E-state index is 5.95. The third-order valence-corrected chi connectivity index (χ3v) is 3.32. The van der Waals surface area contributed by atoms with Gasteiger partial charge >= 0.3 is 0 Å². The monoisotopic (exact) mass is 235 g/mol. The van der Waals surface area contributed by atoms with Crippen molar-refractivity contribution in [1.29, 1.82) is 0 Å². The summed E-state index contributed by atoms with van der Waals surface area (Å²) in [6.07, 6.45) is 2.97. The van der Waals surface area contributed by atoms with E-state index in [9.17, 15) is 0 Å². The summed E-state index contributed by atoms with van der Waals surface area (Å²) >= 11 is 0. The SMILES string of the molecule is CC(N)C1CCN(c2ccnc(N(C)C)n2)C1. The molecule has 5 heteroatoms. The van der Waals surface area contributed by atoms with E-state index in [4.69, 9.17) is 5.73 Å². The number of hydrogen-bond donors (Lipinski definition) is 1. The summed E-state index contributed by atoms with van der Waals surface area (Å²) < 4.78 is 0. The van der Waals surface area contributed by atoms with Gasteiger partial charge in [-0.05, 0) is 25.3 Å². The van der Waals surface area contributed by atoms with Crippen molar-refractivity contribution in [2.24, 2.45) is 11.7 Å². The van der Waals surface area contributed by atoms with E-state index in [-0.39, 0.29) is 6.04 Å². The van der Waals surface area contributed by atoms with E-state index in [1.165, 1.54) is 0 Å². The average molecular weight is 235 g/mol. The fourth-order valence-electron chi connectivity index (χ4n) is 2.16. The van der Waals surface area contributed by atoms with Crippen LogP contribution < -0.4 is 15.5 Å². The van der Waals surface area contributed by atoms with Crippen LogP contribution in [0.25, 0.3) is 0 Å². The Morgan fingerprint density at radius 3 is 2.88 bits per heavy atom. The van der Waals surface area contributed by atoms with Crippen molar-refractivity contribution in [2.45, 2.75) is 19.4 Å². The molecule has 0 bridgehead atoms. The highest BCUT2D eigenvalue weighted by Gasteiger charge is 2.26. The Morgan fingerprint density at radius 2 is 2.29 bits per heavy atom. The van der Waals surface area contributed by atoms with E-state index in [0.717, 1.165) is 31.3 Å². The van der Waals surface area contributed by atoms with Gasteiger partial charge in [0, 0.05) is 39.4 Å². The Hall–Kier alpha value is -1.36. The minimum Gasteiger partial charge on any atom is -0.356 e. The molecule has 1 aliphatic rings. The van der Waals surface area contributed by atoms with E-state index < -0.39 is 0 Å². The van der Waals surface area contributed by atoms with Gasteiger partial charge in [0.05, 0.1) is 0 Å². The predicted molar refractivity (Wildman–Crippen MR) is 70.3 cm³/mol. The van der Waals surface area contributed by atoms with Gasteiger partial charge in [-0.15, -0.1) is 0 Å². The van der Waals surface area contributed by atoms with Crippen molar-refractivity contribution in [2.75, 3.05) is 37.0 Å². The van der Waals surface area contributed by atoms with E-state index in [2.05, 4.69) is 21.8 Å². The molecule has 2 rings (SSSR count). The standard InChI is InChI=1S/C12H21N5/c1-9(13)10-5-7-17(8-10)11-4-6-14-12(15-11)16(2)3/h4,6,9-10H,5,7-8,13H2,1-3H3. The lowest BCUT2D eigenvalue weighted by molar-refractivity contribution is 0.488. The van der Waals surface area contributed by atoms with Crippen molar-refractivity contribution in [3.63, 3.8) is 0 Å². The molecular formula is C12H21N5.